The van der Waals surface area contributed by atoms with Crippen molar-refractivity contribution in [3.05, 3.63) is 59.7 Å². The lowest BCUT2D eigenvalue weighted by Crippen LogP contribution is -2.43. The highest BCUT2D eigenvalue weighted by Gasteiger charge is 2.29. The van der Waals surface area contributed by atoms with E-state index < -0.39 is 29.2 Å². The zero-order valence-electron chi connectivity index (χ0n) is 11.6. The van der Waals surface area contributed by atoms with Crippen molar-refractivity contribution in [1.29, 1.82) is 0 Å². The molecule has 5 nitrogen and oxygen atoms in total. The van der Waals surface area contributed by atoms with Crippen LogP contribution in [0.5, 0.6) is 0 Å². The number of halogens is 2. The summed E-state index contributed by atoms with van der Waals surface area (Å²) < 4.78 is 33.0. The maximum Gasteiger partial charge on any atom is 0.260 e. The van der Waals surface area contributed by atoms with E-state index in [0.29, 0.717) is 5.69 Å². The quantitative estimate of drug-likeness (QED) is 0.851. The second-order valence-electron chi connectivity index (χ2n) is 4.84. The summed E-state index contributed by atoms with van der Waals surface area (Å²) in [6.45, 7) is 0.706. The van der Waals surface area contributed by atoms with Gasteiger partial charge in [-0.3, -0.25) is 14.8 Å². The number of morpholine rings is 1. The summed E-state index contributed by atoms with van der Waals surface area (Å²) in [6, 6.07) is 3.36. The SMILES string of the molecule is O=C(c1c(F)cccc1F)N1CCO[C@@H](c2cnccn2)C1. The van der Waals surface area contributed by atoms with E-state index in [4.69, 9.17) is 4.74 Å². The number of hydrogen-bond acceptors (Lipinski definition) is 4. The monoisotopic (exact) mass is 305 g/mol. The Kier molecular flexibility index (Phi) is 4.06. The molecule has 3 rings (SSSR count). The fourth-order valence-corrected chi connectivity index (χ4v) is 2.35. The van der Waals surface area contributed by atoms with E-state index in [0.717, 1.165) is 12.1 Å². The van der Waals surface area contributed by atoms with Gasteiger partial charge in [0.2, 0.25) is 0 Å². The van der Waals surface area contributed by atoms with Crippen LogP contribution < -0.4 is 0 Å². The van der Waals surface area contributed by atoms with Crippen molar-refractivity contribution in [1.82, 2.24) is 14.9 Å². The highest BCUT2D eigenvalue weighted by atomic mass is 19.1. The van der Waals surface area contributed by atoms with Crippen LogP contribution >= 0.6 is 0 Å². The number of carbonyl (C=O) groups excluding carboxylic acids is 1. The molecule has 7 heteroatoms. The maximum absolute atomic E-state index is 13.7. The van der Waals surface area contributed by atoms with Crippen LogP contribution in [0.4, 0.5) is 8.78 Å². The zero-order chi connectivity index (χ0) is 15.5. The molecule has 0 spiro atoms. The molecular formula is C15H13F2N3O2. The largest absolute Gasteiger partial charge is 0.368 e. The highest BCUT2D eigenvalue weighted by molar-refractivity contribution is 5.94. The van der Waals surface area contributed by atoms with Gasteiger partial charge in [-0.25, -0.2) is 8.78 Å². The molecule has 1 aromatic heterocycles. The first kappa shape index (κ1) is 14.5. The van der Waals surface area contributed by atoms with Crippen molar-refractivity contribution >= 4 is 5.91 Å². The standard InChI is InChI=1S/C15H13F2N3O2/c16-10-2-1-3-11(17)14(10)15(21)20-6-7-22-13(9-20)12-8-18-4-5-19-12/h1-5,8,13H,6-7,9H2/t13-/m1/s1. The van der Waals surface area contributed by atoms with Gasteiger partial charge in [0.25, 0.3) is 5.91 Å². The van der Waals surface area contributed by atoms with Crippen molar-refractivity contribution in [2.45, 2.75) is 6.10 Å². The van der Waals surface area contributed by atoms with Crippen LogP contribution in [0.1, 0.15) is 22.2 Å². The predicted molar refractivity (Wildman–Crippen MR) is 73.0 cm³/mol. The highest BCUT2D eigenvalue weighted by Crippen LogP contribution is 2.22. The Labute approximate surface area is 125 Å². The van der Waals surface area contributed by atoms with Crippen molar-refractivity contribution in [2.75, 3.05) is 19.7 Å². The first-order valence-electron chi connectivity index (χ1n) is 6.77. The molecule has 1 atom stereocenters. The van der Waals surface area contributed by atoms with Crippen molar-refractivity contribution in [2.24, 2.45) is 0 Å². The molecule has 0 unspecified atom stereocenters. The van der Waals surface area contributed by atoms with Crippen molar-refractivity contribution < 1.29 is 18.3 Å². The molecule has 1 saturated heterocycles. The molecule has 1 fully saturated rings. The third-order valence-electron chi connectivity index (χ3n) is 3.44. The second-order valence-corrected chi connectivity index (χ2v) is 4.84. The summed E-state index contributed by atoms with van der Waals surface area (Å²) >= 11 is 0. The fraction of sp³-hybridized carbons (Fsp3) is 0.267. The second kappa shape index (κ2) is 6.15. The number of rotatable bonds is 2. The van der Waals surface area contributed by atoms with E-state index >= 15 is 0 Å². The van der Waals surface area contributed by atoms with Gasteiger partial charge in [0, 0.05) is 18.9 Å². The molecule has 1 aliphatic rings. The Morgan fingerprint density at radius 1 is 1.27 bits per heavy atom. The van der Waals surface area contributed by atoms with Crippen LogP contribution in [0, 0.1) is 11.6 Å². The summed E-state index contributed by atoms with van der Waals surface area (Å²) in [7, 11) is 0. The average molecular weight is 305 g/mol. The lowest BCUT2D eigenvalue weighted by atomic mass is 10.1. The van der Waals surface area contributed by atoms with Gasteiger partial charge in [0.05, 0.1) is 25.0 Å². The van der Waals surface area contributed by atoms with Gasteiger partial charge in [0.1, 0.15) is 23.3 Å². The molecule has 114 valence electrons. The molecule has 22 heavy (non-hydrogen) atoms. The molecule has 1 aromatic carbocycles. The minimum atomic E-state index is -0.868. The smallest absolute Gasteiger partial charge is 0.260 e. The molecule has 2 heterocycles. The average Bonchev–Trinajstić information content (AvgIpc) is 2.55. The molecule has 0 saturated carbocycles. The van der Waals surface area contributed by atoms with Crippen molar-refractivity contribution in [3.63, 3.8) is 0 Å². The van der Waals surface area contributed by atoms with E-state index in [-0.39, 0.29) is 19.7 Å². The summed E-state index contributed by atoms with van der Waals surface area (Å²) in [5, 5.41) is 0. The number of carbonyl (C=O) groups is 1. The topological polar surface area (TPSA) is 55.3 Å². The van der Waals surface area contributed by atoms with Gasteiger partial charge in [-0.05, 0) is 12.1 Å². The summed E-state index contributed by atoms with van der Waals surface area (Å²) in [5.41, 5.74) is 0.0382. The van der Waals surface area contributed by atoms with Crippen LogP contribution in [-0.2, 0) is 4.74 Å². The molecule has 0 bridgehead atoms. The first-order chi connectivity index (χ1) is 10.7. The molecule has 1 amide bonds. The minimum Gasteiger partial charge on any atom is -0.368 e. The van der Waals surface area contributed by atoms with Crippen molar-refractivity contribution in [3.8, 4) is 0 Å². The molecule has 1 aliphatic heterocycles. The van der Waals surface area contributed by atoms with E-state index in [1.807, 2.05) is 0 Å². The molecular weight excluding hydrogens is 292 g/mol. The number of aromatic nitrogens is 2. The van der Waals surface area contributed by atoms with Crippen LogP contribution in [0.15, 0.2) is 36.8 Å². The van der Waals surface area contributed by atoms with Crippen LogP contribution in [-0.4, -0.2) is 40.5 Å². The van der Waals surface area contributed by atoms with Gasteiger partial charge in [-0.1, -0.05) is 6.07 Å². The van der Waals surface area contributed by atoms with E-state index in [2.05, 4.69) is 9.97 Å². The normalized spacial score (nSPS) is 18.3. The third kappa shape index (κ3) is 2.80. The summed E-state index contributed by atoms with van der Waals surface area (Å²) in [4.78, 5) is 21.8. The number of amides is 1. The van der Waals surface area contributed by atoms with Crippen LogP contribution in [0.25, 0.3) is 0 Å². The Morgan fingerprint density at radius 3 is 2.73 bits per heavy atom. The summed E-state index contributed by atoms with van der Waals surface area (Å²) in [6.07, 6.45) is 4.14. The minimum absolute atomic E-state index is 0.172. The van der Waals surface area contributed by atoms with Gasteiger partial charge >= 0.3 is 0 Å². The van der Waals surface area contributed by atoms with Crippen LogP contribution in [0.2, 0.25) is 0 Å². The number of hydrogen-bond donors (Lipinski definition) is 0. The van der Waals surface area contributed by atoms with Gasteiger partial charge in [-0.2, -0.15) is 0 Å². The summed E-state index contributed by atoms with van der Waals surface area (Å²) in [5.74, 6) is -2.42. The Bertz CT molecular complexity index is 661. The van der Waals surface area contributed by atoms with Crippen LogP contribution in [0.3, 0.4) is 0 Å². The number of ether oxygens (including phenoxy) is 1. The molecule has 0 radical (unpaired) electrons. The molecule has 0 N–H and O–H groups in total. The predicted octanol–water partition coefficient (Wildman–Crippen LogP) is 1.97. The van der Waals surface area contributed by atoms with Gasteiger partial charge in [0.15, 0.2) is 0 Å². The van der Waals surface area contributed by atoms with E-state index in [1.54, 1.807) is 6.20 Å². The Hall–Kier alpha value is -2.41. The maximum atomic E-state index is 13.7. The van der Waals surface area contributed by atoms with E-state index in [1.165, 1.54) is 23.4 Å². The Morgan fingerprint density at radius 2 is 2.05 bits per heavy atom. The number of benzene rings is 1. The first-order valence-corrected chi connectivity index (χ1v) is 6.77. The van der Waals surface area contributed by atoms with E-state index in [9.17, 15) is 13.6 Å². The molecule has 2 aromatic rings. The number of nitrogens with zero attached hydrogens (tertiary/aromatic N) is 3. The Balaban J connectivity index is 1.82. The lowest BCUT2D eigenvalue weighted by molar-refractivity contribution is -0.0251. The van der Waals surface area contributed by atoms with Gasteiger partial charge in [-0.15, -0.1) is 0 Å². The lowest BCUT2D eigenvalue weighted by Gasteiger charge is -2.32. The third-order valence-corrected chi connectivity index (χ3v) is 3.44. The zero-order valence-corrected chi connectivity index (χ0v) is 11.6. The fourth-order valence-electron chi connectivity index (χ4n) is 2.35. The molecule has 0 aliphatic carbocycles. The van der Waals surface area contributed by atoms with Gasteiger partial charge < -0.3 is 9.64 Å².